The molecule has 4 heteroatoms. The Hall–Kier alpha value is -1.68. The average molecular weight is 330 g/mol. The number of carbonyl (C=O) groups is 2. The molecule has 1 aromatic carbocycles. The summed E-state index contributed by atoms with van der Waals surface area (Å²) in [5.74, 6) is 0.104. The lowest BCUT2D eigenvalue weighted by molar-refractivity contribution is -0.120. The van der Waals surface area contributed by atoms with Crippen LogP contribution in [0.15, 0.2) is 24.3 Å². The third-order valence-electron chi connectivity index (χ3n) is 4.55. The summed E-state index contributed by atoms with van der Waals surface area (Å²) >= 11 is 0. The quantitative estimate of drug-likeness (QED) is 0.872. The highest BCUT2D eigenvalue weighted by atomic mass is 16.1. The third-order valence-corrected chi connectivity index (χ3v) is 4.55. The van der Waals surface area contributed by atoms with Crippen LogP contribution in [0.3, 0.4) is 0 Å². The molecule has 0 saturated carbocycles. The summed E-state index contributed by atoms with van der Waals surface area (Å²) in [5, 5.41) is 3.04. The number of nitrogens with zero attached hydrogens (tertiary/aromatic N) is 1. The van der Waals surface area contributed by atoms with E-state index in [9.17, 15) is 9.59 Å². The molecule has 1 amide bonds. The second-order valence-corrected chi connectivity index (χ2v) is 8.10. The Morgan fingerprint density at radius 3 is 2.58 bits per heavy atom. The van der Waals surface area contributed by atoms with Gasteiger partial charge in [0.25, 0.3) is 5.91 Å². The normalized spacial score (nSPS) is 18.6. The molecule has 132 valence electrons. The van der Waals surface area contributed by atoms with E-state index < -0.39 is 0 Å². The number of likely N-dealkylation sites (tertiary alicyclic amines) is 1. The van der Waals surface area contributed by atoms with Crippen LogP contribution in [-0.2, 0) is 11.2 Å². The van der Waals surface area contributed by atoms with Gasteiger partial charge in [-0.15, -0.1) is 0 Å². The van der Waals surface area contributed by atoms with Crippen molar-refractivity contribution in [3.05, 3.63) is 35.4 Å². The number of carbonyl (C=O) groups excluding carboxylic acids is 2. The predicted octanol–water partition coefficient (Wildman–Crippen LogP) is 3.06. The largest absolute Gasteiger partial charge is 0.350 e. The van der Waals surface area contributed by atoms with Crippen LogP contribution in [-0.4, -0.2) is 42.8 Å². The van der Waals surface area contributed by atoms with Crippen molar-refractivity contribution in [2.24, 2.45) is 5.41 Å². The minimum atomic E-state index is -0.0746. The molecule has 0 aromatic heterocycles. The topological polar surface area (TPSA) is 49.4 Å². The lowest BCUT2D eigenvalue weighted by Crippen LogP contribution is -2.38. The van der Waals surface area contributed by atoms with E-state index in [4.69, 9.17) is 0 Å². The molecule has 24 heavy (non-hydrogen) atoms. The van der Waals surface area contributed by atoms with E-state index >= 15 is 0 Å². The van der Waals surface area contributed by atoms with Gasteiger partial charge in [-0.25, -0.2) is 0 Å². The molecule has 1 aliphatic rings. The molecule has 0 aliphatic carbocycles. The molecule has 4 nitrogen and oxygen atoms in total. The first-order valence-corrected chi connectivity index (χ1v) is 8.84. The maximum absolute atomic E-state index is 12.6. The lowest BCUT2D eigenvalue weighted by Gasteiger charge is -2.20. The molecule has 1 aliphatic heterocycles. The molecule has 1 heterocycles. The van der Waals surface area contributed by atoms with Gasteiger partial charge in [-0.05, 0) is 43.5 Å². The fourth-order valence-electron chi connectivity index (χ4n) is 3.31. The van der Waals surface area contributed by atoms with E-state index in [2.05, 4.69) is 38.0 Å². The fourth-order valence-corrected chi connectivity index (χ4v) is 3.31. The number of likely N-dealkylation sites (N-methyl/N-ethyl adjacent to an activating group) is 1. The van der Waals surface area contributed by atoms with Gasteiger partial charge >= 0.3 is 0 Å². The molecule has 0 radical (unpaired) electrons. The average Bonchev–Trinajstić information content (AvgIpc) is 2.88. The van der Waals surface area contributed by atoms with Crippen LogP contribution < -0.4 is 5.32 Å². The molecule has 1 saturated heterocycles. The number of amides is 1. The van der Waals surface area contributed by atoms with Crippen LogP contribution in [0.4, 0.5) is 0 Å². The molecule has 1 N–H and O–H groups in total. The van der Waals surface area contributed by atoms with E-state index in [1.165, 1.54) is 6.42 Å². The Morgan fingerprint density at radius 2 is 1.96 bits per heavy atom. The van der Waals surface area contributed by atoms with Crippen molar-refractivity contribution in [2.45, 2.75) is 52.5 Å². The van der Waals surface area contributed by atoms with E-state index in [0.717, 1.165) is 18.5 Å². The second kappa shape index (κ2) is 7.93. The zero-order valence-electron chi connectivity index (χ0n) is 15.4. The standard InChI is InChI=1S/C20H30N2O2/c1-20(2,3)13-17(23)12-15-8-5-6-10-18(15)19(24)21-14-16-9-7-11-22(16)4/h5-6,8,10,16H,7,9,11-14H2,1-4H3,(H,21,24). The van der Waals surface area contributed by atoms with Crippen molar-refractivity contribution in [2.75, 3.05) is 20.1 Å². The summed E-state index contributed by atoms with van der Waals surface area (Å²) in [5.41, 5.74) is 1.42. The molecule has 1 fully saturated rings. The molecule has 1 atom stereocenters. The van der Waals surface area contributed by atoms with Crippen molar-refractivity contribution in [3.8, 4) is 0 Å². The van der Waals surface area contributed by atoms with Crippen molar-refractivity contribution in [1.29, 1.82) is 0 Å². The first-order chi connectivity index (χ1) is 11.3. The van der Waals surface area contributed by atoms with E-state index in [-0.39, 0.29) is 17.1 Å². The van der Waals surface area contributed by atoms with Gasteiger partial charge in [0.15, 0.2) is 0 Å². The number of ketones is 1. The number of hydrogen-bond acceptors (Lipinski definition) is 3. The van der Waals surface area contributed by atoms with E-state index in [1.807, 2.05) is 24.3 Å². The minimum absolute atomic E-state index is 0.0264. The molecule has 0 bridgehead atoms. The first-order valence-electron chi connectivity index (χ1n) is 8.84. The lowest BCUT2D eigenvalue weighted by atomic mass is 9.87. The first kappa shape index (κ1) is 18.7. The summed E-state index contributed by atoms with van der Waals surface area (Å²) in [4.78, 5) is 27.1. The Morgan fingerprint density at radius 1 is 1.25 bits per heavy atom. The van der Waals surface area contributed by atoms with Crippen LogP contribution in [0.1, 0.15) is 56.0 Å². The van der Waals surface area contributed by atoms with Gasteiger partial charge in [0.05, 0.1) is 0 Å². The van der Waals surface area contributed by atoms with E-state index in [0.29, 0.717) is 31.0 Å². The van der Waals surface area contributed by atoms with Crippen LogP contribution >= 0.6 is 0 Å². The minimum Gasteiger partial charge on any atom is -0.350 e. The highest BCUT2D eigenvalue weighted by Gasteiger charge is 2.22. The van der Waals surface area contributed by atoms with Gasteiger partial charge in [-0.3, -0.25) is 9.59 Å². The number of rotatable bonds is 6. The third kappa shape index (κ3) is 5.45. The summed E-state index contributed by atoms with van der Waals surface area (Å²) in [6.07, 6.45) is 3.16. The number of benzene rings is 1. The zero-order chi connectivity index (χ0) is 17.7. The fraction of sp³-hybridized carbons (Fsp3) is 0.600. The van der Waals surface area contributed by atoms with Gasteiger partial charge in [-0.2, -0.15) is 0 Å². The van der Waals surface area contributed by atoms with Crippen molar-refractivity contribution in [1.82, 2.24) is 10.2 Å². The number of hydrogen-bond donors (Lipinski definition) is 1. The Balaban J connectivity index is 1.99. The van der Waals surface area contributed by atoms with Gasteiger partial charge in [0.1, 0.15) is 5.78 Å². The van der Waals surface area contributed by atoms with Crippen molar-refractivity contribution < 1.29 is 9.59 Å². The Kier molecular flexibility index (Phi) is 6.16. The van der Waals surface area contributed by atoms with Gasteiger partial charge in [-0.1, -0.05) is 39.0 Å². The van der Waals surface area contributed by atoms with Crippen LogP contribution in [0.5, 0.6) is 0 Å². The SMILES string of the molecule is CN1CCCC1CNC(=O)c1ccccc1CC(=O)CC(C)(C)C. The van der Waals surface area contributed by atoms with E-state index in [1.54, 1.807) is 0 Å². The number of nitrogens with one attached hydrogen (secondary N) is 1. The maximum Gasteiger partial charge on any atom is 0.251 e. The highest BCUT2D eigenvalue weighted by Crippen LogP contribution is 2.21. The van der Waals surface area contributed by atoms with Gasteiger partial charge < -0.3 is 10.2 Å². The summed E-state index contributed by atoms with van der Waals surface area (Å²) < 4.78 is 0. The summed E-state index contributed by atoms with van der Waals surface area (Å²) in [6.45, 7) is 7.93. The number of Topliss-reactive ketones (excluding diaryl/α,β-unsaturated/α-hetero) is 1. The highest BCUT2D eigenvalue weighted by molar-refractivity contribution is 5.97. The molecule has 2 rings (SSSR count). The Labute approximate surface area is 145 Å². The van der Waals surface area contributed by atoms with Gasteiger partial charge in [0, 0.05) is 31.0 Å². The van der Waals surface area contributed by atoms with Crippen molar-refractivity contribution in [3.63, 3.8) is 0 Å². The summed E-state index contributed by atoms with van der Waals surface area (Å²) in [7, 11) is 2.10. The summed E-state index contributed by atoms with van der Waals surface area (Å²) in [6, 6.07) is 7.86. The zero-order valence-corrected chi connectivity index (χ0v) is 15.4. The van der Waals surface area contributed by atoms with Crippen LogP contribution in [0.25, 0.3) is 0 Å². The van der Waals surface area contributed by atoms with Crippen molar-refractivity contribution >= 4 is 11.7 Å². The van der Waals surface area contributed by atoms with Crippen LogP contribution in [0, 0.1) is 5.41 Å². The molecular weight excluding hydrogens is 300 g/mol. The molecule has 1 aromatic rings. The van der Waals surface area contributed by atoms with Crippen LogP contribution in [0.2, 0.25) is 0 Å². The van der Waals surface area contributed by atoms with Gasteiger partial charge in [0.2, 0.25) is 0 Å². The molecule has 1 unspecified atom stereocenters. The monoisotopic (exact) mass is 330 g/mol. The maximum atomic E-state index is 12.6. The molecular formula is C20H30N2O2. The smallest absolute Gasteiger partial charge is 0.251 e. The second-order valence-electron chi connectivity index (χ2n) is 8.10. The predicted molar refractivity (Wildman–Crippen MR) is 97.2 cm³/mol. The molecule has 0 spiro atoms. The Bertz CT molecular complexity index is 590.